The predicted molar refractivity (Wildman–Crippen MR) is 67.7 cm³/mol. The Balaban J connectivity index is 2.00. The summed E-state index contributed by atoms with van der Waals surface area (Å²) < 4.78 is 7.23. The third kappa shape index (κ3) is 3.40. The van der Waals surface area contributed by atoms with Gasteiger partial charge >= 0.3 is 5.97 Å². The van der Waals surface area contributed by atoms with Crippen LogP contribution in [0.25, 0.3) is 0 Å². The topological polar surface area (TPSA) is 68.3 Å². The minimum Gasteiger partial charge on any atom is -0.481 e. The Hall–Kier alpha value is -1.69. The van der Waals surface area contributed by atoms with Gasteiger partial charge in [-0.3, -0.25) is 4.79 Å². The minimum absolute atomic E-state index is 0.0250. The fraction of sp³-hybridized carbons (Fsp3) is 0.333. The molecule has 18 heavy (non-hydrogen) atoms. The van der Waals surface area contributed by atoms with Gasteiger partial charge in [-0.2, -0.15) is 0 Å². The van der Waals surface area contributed by atoms with Crippen molar-refractivity contribution in [2.45, 2.75) is 25.0 Å². The highest BCUT2D eigenvalue weighted by atomic mass is 32.2. The maximum absolute atomic E-state index is 10.6. The van der Waals surface area contributed by atoms with Gasteiger partial charge in [0.25, 0.3) is 0 Å². The molecular weight excluding hydrogens is 252 g/mol. The monoisotopic (exact) mass is 266 g/mol. The average Bonchev–Trinajstić information content (AvgIpc) is 2.92. The lowest BCUT2D eigenvalue weighted by Gasteiger charge is -2.04. The number of aryl methyl sites for hydroxylation is 3. The van der Waals surface area contributed by atoms with Crippen molar-refractivity contribution >= 4 is 17.7 Å². The number of hydrogen-bond acceptors (Lipinski definition) is 4. The Labute approximate surface area is 109 Å². The summed E-state index contributed by atoms with van der Waals surface area (Å²) in [4.78, 5) is 14.9. The van der Waals surface area contributed by atoms with Gasteiger partial charge in [-0.15, -0.1) is 0 Å². The van der Waals surface area contributed by atoms with E-state index in [4.69, 9.17) is 9.52 Å². The molecule has 96 valence electrons. The molecule has 0 aliphatic carbocycles. The molecule has 0 aromatic carbocycles. The first-order valence-electron chi connectivity index (χ1n) is 5.56. The van der Waals surface area contributed by atoms with Crippen LogP contribution >= 0.6 is 11.8 Å². The second-order valence-corrected chi connectivity index (χ2v) is 4.81. The Morgan fingerprint density at radius 1 is 1.61 bits per heavy atom. The number of rotatable bonds is 6. The SMILES string of the molecule is Cc1cn(CCc2ccco2)c(SCC(=O)O)n1. The molecule has 0 bridgehead atoms. The molecule has 0 aliphatic rings. The van der Waals surface area contributed by atoms with Crippen LogP contribution in [0.2, 0.25) is 0 Å². The molecule has 0 fully saturated rings. The number of furan rings is 1. The van der Waals surface area contributed by atoms with E-state index in [1.54, 1.807) is 6.26 Å². The molecule has 0 spiro atoms. The van der Waals surface area contributed by atoms with Crippen LogP contribution in [0.15, 0.2) is 34.2 Å². The van der Waals surface area contributed by atoms with Gasteiger partial charge in [0.05, 0.1) is 17.7 Å². The number of imidazole rings is 1. The van der Waals surface area contributed by atoms with E-state index in [1.807, 2.05) is 29.8 Å². The van der Waals surface area contributed by atoms with Crippen LogP contribution < -0.4 is 0 Å². The summed E-state index contributed by atoms with van der Waals surface area (Å²) in [6, 6.07) is 3.78. The van der Waals surface area contributed by atoms with Gasteiger partial charge in [-0.1, -0.05) is 11.8 Å². The molecule has 0 saturated carbocycles. The van der Waals surface area contributed by atoms with Crippen molar-refractivity contribution in [3.8, 4) is 0 Å². The van der Waals surface area contributed by atoms with Crippen molar-refractivity contribution in [2.75, 3.05) is 5.75 Å². The second kappa shape index (κ2) is 5.77. The first-order valence-corrected chi connectivity index (χ1v) is 6.54. The lowest BCUT2D eigenvalue weighted by Crippen LogP contribution is -2.04. The van der Waals surface area contributed by atoms with E-state index in [1.165, 1.54) is 11.8 Å². The molecule has 0 radical (unpaired) electrons. The summed E-state index contributed by atoms with van der Waals surface area (Å²) in [5.74, 6) is 0.103. The number of aromatic nitrogens is 2. The summed E-state index contributed by atoms with van der Waals surface area (Å²) in [6.45, 7) is 2.63. The summed E-state index contributed by atoms with van der Waals surface area (Å²) in [7, 11) is 0. The fourth-order valence-corrected chi connectivity index (χ4v) is 2.38. The first-order chi connectivity index (χ1) is 8.65. The molecule has 0 amide bonds. The van der Waals surface area contributed by atoms with E-state index < -0.39 is 5.97 Å². The summed E-state index contributed by atoms with van der Waals surface area (Å²) in [5, 5.41) is 9.42. The van der Waals surface area contributed by atoms with Gasteiger partial charge in [-0.25, -0.2) is 4.98 Å². The maximum atomic E-state index is 10.6. The van der Waals surface area contributed by atoms with Crippen molar-refractivity contribution in [3.63, 3.8) is 0 Å². The van der Waals surface area contributed by atoms with E-state index in [0.29, 0.717) is 0 Å². The molecule has 0 aliphatic heterocycles. The third-order valence-corrected chi connectivity index (χ3v) is 3.34. The quantitative estimate of drug-likeness (QED) is 0.812. The molecule has 2 heterocycles. The van der Waals surface area contributed by atoms with Gasteiger partial charge in [-0.05, 0) is 19.1 Å². The van der Waals surface area contributed by atoms with Gasteiger partial charge in [0.1, 0.15) is 5.76 Å². The zero-order valence-corrected chi connectivity index (χ0v) is 10.8. The zero-order chi connectivity index (χ0) is 13.0. The average molecular weight is 266 g/mol. The van der Waals surface area contributed by atoms with E-state index in [2.05, 4.69) is 4.98 Å². The molecular formula is C12H14N2O3S. The molecule has 0 atom stereocenters. The summed E-state index contributed by atoms with van der Waals surface area (Å²) in [6.07, 6.45) is 4.34. The first kappa shape index (κ1) is 12.8. The summed E-state index contributed by atoms with van der Waals surface area (Å²) >= 11 is 1.23. The molecule has 2 aromatic rings. The Morgan fingerprint density at radius 2 is 2.44 bits per heavy atom. The smallest absolute Gasteiger partial charge is 0.313 e. The van der Waals surface area contributed by atoms with Crippen molar-refractivity contribution < 1.29 is 14.3 Å². The zero-order valence-electron chi connectivity index (χ0n) is 10.00. The van der Waals surface area contributed by atoms with Crippen molar-refractivity contribution in [1.82, 2.24) is 9.55 Å². The number of aliphatic carboxylic acids is 1. The number of carboxylic acid groups (broad SMARTS) is 1. The van der Waals surface area contributed by atoms with Crippen LogP contribution in [-0.4, -0.2) is 26.4 Å². The molecule has 2 rings (SSSR count). The molecule has 6 heteroatoms. The lowest BCUT2D eigenvalue weighted by molar-refractivity contribution is -0.133. The van der Waals surface area contributed by atoms with Crippen LogP contribution in [0.3, 0.4) is 0 Å². The summed E-state index contributed by atoms with van der Waals surface area (Å²) in [5.41, 5.74) is 0.891. The highest BCUT2D eigenvalue weighted by molar-refractivity contribution is 7.99. The third-order valence-electron chi connectivity index (χ3n) is 2.36. The number of carbonyl (C=O) groups is 1. The van der Waals surface area contributed by atoms with Gasteiger partial charge in [0, 0.05) is 19.2 Å². The van der Waals surface area contributed by atoms with Crippen LogP contribution in [0.1, 0.15) is 11.5 Å². The van der Waals surface area contributed by atoms with Crippen molar-refractivity contribution in [1.29, 1.82) is 0 Å². The molecule has 0 unspecified atom stereocenters. The largest absolute Gasteiger partial charge is 0.481 e. The highest BCUT2D eigenvalue weighted by Gasteiger charge is 2.09. The van der Waals surface area contributed by atoms with Crippen LogP contribution in [0, 0.1) is 6.92 Å². The maximum Gasteiger partial charge on any atom is 0.313 e. The van der Waals surface area contributed by atoms with Crippen molar-refractivity contribution in [3.05, 3.63) is 36.0 Å². The van der Waals surface area contributed by atoms with Crippen LogP contribution in [0.5, 0.6) is 0 Å². The van der Waals surface area contributed by atoms with E-state index >= 15 is 0 Å². The highest BCUT2D eigenvalue weighted by Crippen LogP contribution is 2.18. The molecule has 0 saturated heterocycles. The van der Waals surface area contributed by atoms with E-state index in [0.717, 1.165) is 29.6 Å². The lowest BCUT2D eigenvalue weighted by atomic mass is 10.3. The van der Waals surface area contributed by atoms with Gasteiger partial charge in [0.15, 0.2) is 5.16 Å². The Bertz CT molecular complexity index is 519. The van der Waals surface area contributed by atoms with Crippen LogP contribution in [-0.2, 0) is 17.8 Å². The molecule has 1 N–H and O–H groups in total. The second-order valence-electron chi connectivity index (χ2n) is 3.87. The normalized spacial score (nSPS) is 10.7. The Kier molecular flexibility index (Phi) is 4.09. The molecule has 2 aromatic heterocycles. The Morgan fingerprint density at radius 3 is 3.11 bits per heavy atom. The molecule has 5 nitrogen and oxygen atoms in total. The van der Waals surface area contributed by atoms with Crippen molar-refractivity contribution in [2.24, 2.45) is 0 Å². The van der Waals surface area contributed by atoms with Gasteiger partial charge in [0.2, 0.25) is 0 Å². The van der Waals surface area contributed by atoms with E-state index in [9.17, 15) is 4.79 Å². The minimum atomic E-state index is -0.835. The number of hydrogen-bond donors (Lipinski definition) is 1. The fourth-order valence-electron chi connectivity index (χ4n) is 1.61. The van der Waals surface area contributed by atoms with Crippen LogP contribution in [0.4, 0.5) is 0 Å². The standard InChI is InChI=1S/C12H14N2O3S/c1-9-7-14(5-4-10-3-2-6-17-10)12(13-9)18-8-11(15)16/h2-3,6-7H,4-5,8H2,1H3,(H,15,16). The predicted octanol–water partition coefficient (Wildman–Crippen LogP) is 2.20. The number of thioether (sulfide) groups is 1. The van der Waals surface area contributed by atoms with E-state index in [-0.39, 0.29) is 5.75 Å². The number of carboxylic acids is 1. The number of nitrogens with zero attached hydrogens (tertiary/aromatic N) is 2. The van der Waals surface area contributed by atoms with Gasteiger partial charge < -0.3 is 14.1 Å².